The molecule has 1 heterocycles. The lowest BCUT2D eigenvalue weighted by molar-refractivity contribution is -0.274. The number of rotatable bonds is 6. The zero-order valence-corrected chi connectivity index (χ0v) is 15.1. The molecule has 1 saturated heterocycles. The Morgan fingerprint density at radius 1 is 1.26 bits per heavy atom. The Hall–Kier alpha value is -2.30. The molecule has 1 aromatic carbocycles. The first-order chi connectivity index (χ1) is 12.4. The van der Waals surface area contributed by atoms with E-state index in [1.54, 1.807) is 0 Å². The molecule has 11 heteroatoms. The van der Waals surface area contributed by atoms with Gasteiger partial charge in [-0.25, -0.2) is 8.42 Å². The Morgan fingerprint density at radius 2 is 1.89 bits per heavy atom. The van der Waals surface area contributed by atoms with Gasteiger partial charge in [-0.05, 0) is 43.5 Å². The summed E-state index contributed by atoms with van der Waals surface area (Å²) in [5.74, 6) is -2.16. The number of halogens is 3. The van der Waals surface area contributed by atoms with Crippen LogP contribution in [0.15, 0.2) is 24.3 Å². The van der Waals surface area contributed by atoms with Gasteiger partial charge in [-0.1, -0.05) is 0 Å². The molecule has 1 aliphatic heterocycles. The van der Waals surface area contributed by atoms with Crippen LogP contribution in [0.25, 0.3) is 0 Å². The van der Waals surface area contributed by atoms with Gasteiger partial charge in [-0.3, -0.25) is 9.59 Å². The van der Waals surface area contributed by atoms with Crippen molar-refractivity contribution in [1.29, 1.82) is 0 Å². The third kappa shape index (κ3) is 7.08. The van der Waals surface area contributed by atoms with E-state index in [4.69, 9.17) is 4.74 Å². The summed E-state index contributed by atoms with van der Waals surface area (Å²) in [6, 6.07) is 4.47. The van der Waals surface area contributed by atoms with Gasteiger partial charge >= 0.3 is 12.3 Å². The lowest BCUT2D eigenvalue weighted by Crippen LogP contribution is -2.30. The number of hydrogen-bond acceptors (Lipinski definition) is 6. The molecular weight excluding hydrogens is 391 g/mol. The number of nitrogens with one attached hydrogen (secondary N) is 1. The van der Waals surface area contributed by atoms with Crippen molar-refractivity contribution in [3.8, 4) is 5.75 Å². The van der Waals surface area contributed by atoms with Gasteiger partial charge < -0.3 is 14.8 Å². The van der Waals surface area contributed by atoms with Crippen LogP contribution in [0.1, 0.15) is 19.8 Å². The van der Waals surface area contributed by atoms with Gasteiger partial charge in [0.25, 0.3) is 5.91 Å². The SMILES string of the molecule is C[C@H](OC(=O)C[C@H]1CCS(=O)(=O)C1)C(=O)Nc1ccc(OC(F)(F)F)cc1. The maximum atomic E-state index is 12.1. The van der Waals surface area contributed by atoms with Gasteiger partial charge in [-0.15, -0.1) is 13.2 Å². The van der Waals surface area contributed by atoms with Crippen molar-refractivity contribution < 1.29 is 40.7 Å². The second kappa shape index (κ2) is 8.15. The van der Waals surface area contributed by atoms with Gasteiger partial charge in [0.15, 0.2) is 15.9 Å². The number of anilines is 1. The van der Waals surface area contributed by atoms with Crippen LogP contribution in [0.4, 0.5) is 18.9 Å². The molecule has 0 spiro atoms. The highest BCUT2D eigenvalue weighted by atomic mass is 32.2. The van der Waals surface area contributed by atoms with Crippen LogP contribution in [0, 0.1) is 5.92 Å². The highest BCUT2D eigenvalue weighted by Gasteiger charge is 2.32. The molecule has 0 aromatic heterocycles. The third-order valence-electron chi connectivity index (χ3n) is 3.81. The number of sulfone groups is 1. The number of carbonyl (C=O) groups is 2. The summed E-state index contributed by atoms with van der Waals surface area (Å²) in [5.41, 5.74) is 0.194. The van der Waals surface area contributed by atoms with Crippen LogP contribution in [-0.4, -0.2) is 44.3 Å². The van der Waals surface area contributed by atoms with Crippen LogP contribution < -0.4 is 10.1 Å². The number of hydrogen-bond donors (Lipinski definition) is 1. The fourth-order valence-corrected chi connectivity index (χ4v) is 4.41. The molecule has 2 atom stereocenters. The lowest BCUT2D eigenvalue weighted by Gasteiger charge is -2.15. The van der Waals surface area contributed by atoms with E-state index >= 15 is 0 Å². The molecule has 0 radical (unpaired) electrons. The van der Waals surface area contributed by atoms with Gasteiger partial charge in [0.2, 0.25) is 0 Å². The molecule has 7 nitrogen and oxygen atoms in total. The van der Waals surface area contributed by atoms with E-state index in [9.17, 15) is 31.2 Å². The molecule has 0 unspecified atom stereocenters. The van der Waals surface area contributed by atoms with Crippen LogP contribution in [0.3, 0.4) is 0 Å². The first-order valence-electron chi connectivity index (χ1n) is 8.00. The number of carbonyl (C=O) groups excluding carboxylic acids is 2. The van der Waals surface area contributed by atoms with Crippen LogP contribution in [0.2, 0.25) is 0 Å². The highest BCUT2D eigenvalue weighted by molar-refractivity contribution is 7.91. The van der Waals surface area contributed by atoms with E-state index < -0.39 is 39.9 Å². The first kappa shape index (κ1) is 21.0. The van der Waals surface area contributed by atoms with E-state index in [0.717, 1.165) is 12.1 Å². The number of ether oxygens (including phenoxy) is 2. The Bertz CT molecular complexity index is 791. The average molecular weight is 409 g/mol. The Kier molecular flexibility index (Phi) is 6.34. The quantitative estimate of drug-likeness (QED) is 0.724. The zero-order chi connectivity index (χ0) is 20.2. The lowest BCUT2D eigenvalue weighted by atomic mass is 10.1. The van der Waals surface area contributed by atoms with Crippen LogP contribution >= 0.6 is 0 Å². The first-order valence-corrected chi connectivity index (χ1v) is 9.82. The second-order valence-electron chi connectivity index (χ2n) is 6.17. The highest BCUT2D eigenvalue weighted by Crippen LogP contribution is 2.24. The summed E-state index contributed by atoms with van der Waals surface area (Å²) in [7, 11) is -3.11. The standard InChI is InChI=1S/C16H18F3NO6S/c1-10(25-14(21)8-11-6-7-27(23,24)9-11)15(22)20-12-2-4-13(5-3-12)26-16(17,18)19/h2-5,10-11H,6-9H2,1H3,(H,20,22)/t10-,11+/m0/s1. The van der Waals surface area contributed by atoms with E-state index in [0.29, 0.717) is 6.42 Å². The topological polar surface area (TPSA) is 98.8 Å². The molecule has 0 saturated carbocycles. The predicted molar refractivity (Wildman–Crippen MR) is 88.7 cm³/mol. The normalized spacial score (nSPS) is 19.9. The molecule has 27 heavy (non-hydrogen) atoms. The van der Waals surface area contributed by atoms with E-state index in [2.05, 4.69) is 10.1 Å². The maximum absolute atomic E-state index is 12.1. The predicted octanol–water partition coefficient (Wildman–Crippen LogP) is 2.28. The Balaban J connectivity index is 1.82. The summed E-state index contributed by atoms with van der Waals surface area (Å²) in [5, 5.41) is 2.39. The molecule has 150 valence electrons. The third-order valence-corrected chi connectivity index (χ3v) is 5.65. The zero-order valence-electron chi connectivity index (χ0n) is 14.3. The van der Waals surface area contributed by atoms with Crippen molar-refractivity contribution in [2.75, 3.05) is 16.8 Å². The Morgan fingerprint density at radius 3 is 2.41 bits per heavy atom. The maximum Gasteiger partial charge on any atom is 0.573 e. The van der Waals surface area contributed by atoms with Crippen molar-refractivity contribution in [1.82, 2.24) is 0 Å². The molecule has 0 bridgehead atoms. The van der Waals surface area contributed by atoms with Crippen molar-refractivity contribution in [3.05, 3.63) is 24.3 Å². The molecule has 2 rings (SSSR count). The van der Waals surface area contributed by atoms with Crippen molar-refractivity contribution in [2.45, 2.75) is 32.2 Å². The summed E-state index contributed by atoms with van der Waals surface area (Å²) in [6.07, 6.45) is -5.68. The minimum atomic E-state index is -4.81. The number of amides is 1. The molecule has 1 N–H and O–H groups in total. The molecule has 0 aliphatic carbocycles. The molecule has 1 aromatic rings. The summed E-state index contributed by atoms with van der Waals surface area (Å²) in [4.78, 5) is 23.8. The minimum Gasteiger partial charge on any atom is -0.453 e. The Labute approximate surface area is 153 Å². The summed E-state index contributed by atoms with van der Waals surface area (Å²) < 4.78 is 67.7. The monoisotopic (exact) mass is 409 g/mol. The number of esters is 1. The fourth-order valence-electron chi connectivity index (χ4n) is 2.55. The van der Waals surface area contributed by atoms with E-state index in [-0.39, 0.29) is 29.5 Å². The second-order valence-corrected chi connectivity index (χ2v) is 8.40. The summed E-state index contributed by atoms with van der Waals surface area (Å²) in [6.45, 7) is 1.33. The fraction of sp³-hybridized carbons (Fsp3) is 0.500. The van der Waals surface area contributed by atoms with Crippen molar-refractivity contribution >= 4 is 27.4 Å². The average Bonchev–Trinajstić information content (AvgIpc) is 2.86. The van der Waals surface area contributed by atoms with E-state index in [1.807, 2.05) is 0 Å². The molecule has 1 amide bonds. The van der Waals surface area contributed by atoms with Crippen LogP contribution in [0.5, 0.6) is 5.75 Å². The minimum absolute atomic E-state index is 0.0367. The molecule has 1 aliphatic rings. The summed E-state index contributed by atoms with van der Waals surface area (Å²) >= 11 is 0. The van der Waals surface area contributed by atoms with Gasteiger partial charge in [0.05, 0.1) is 11.5 Å². The number of alkyl halides is 3. The van der Waals surface area contributed by atoms with Crippen LogP contribution in [-0.2, 0) is 24.2 Å². The van der Waals surface area contributed by atoms with Gasteiger partial charge in [0.1, 0.15) is 5.75 Å². The smallest absolute Gasteiger partial charge is 0.453 e. The van der Waals surface area contributed by atoms with Crippen molar-refractivity contribution in [3.63, 3.8) is 0 Å². The number of benzene rings is 1. The van der Waals surface area contributed by atoms with Crippen molar-refractivity contribution in [2.24, 2.45) is 5.92 Å². The van der Waals surface area contributed by atoms with Gasteiger partial charge in [-0.2, -0.15) is 0 Å². The van der Waals surface area contributed by atoms with E-state index in [1.165, 1.54) is 19.1 Å². The molecular formula is C16H18F3NO6S. The largest absolute Gasteiger partial charge is 0.573 e. The molecule has 1 fully saturated rings. The van der Waals surface area contributed by atoms with Gasteiger partial charge in [0, 0.05) is 12.1 Å².